The number of carbonyl (C=O) groups is 1. The Hall–Kier alpha value is -1.39. The van der Waals surface area contributed by atoms with Gasteiger partial charge in [-0.05, 0) is 38.3 Å². The van der Waals surface area contributed by atoms with Crippen molar-refractivity contribution in [3.05, 3.63) is 35.2 Å². The third-order valence-electron chi connectivity index (χ3n) is 3.33. The maximum absolute atomic E-state index is 11.0. The van der Waals surface area contributed by atoms with E-state index in [1.165, 1.54) is 15.0 Å². The highest BCUT2D eigenvalue weighted by Gasteiger charge is 2.22. The summed E-state index contributed by atoms with van der Waals surface area (Å²) in [6, 6.07) is 10.8. The smallest absolute Gasteiger partial charge is 0.317 e. The predicted molar refractivity (Wildman–Crippen MR) is 79.7 cm³/mol. The summed E-state index contributed by atoms with van der Waals surface area (Å²) < 4.78 is 1.25. The average Bonchev–Trinajstić information content (AvgIpc) is 2.78. The highest BCUT2D eigenvalue weighted by Crippen LogP contribution is 2.33. The van der Waals surface area contributed by atoms with Crippen molar-refractivity contribution in [2.75, 3.05) is 6.54 Å². The number of carboxylic acid groups (broad SMARTS) is 1. The summed E-state index contributed by atoms with van der Waals surface area (Å²) in [7, 11) is 0. The molecule has 4 heteroatoms. The van der Waals surface area contributed by atoms with Crippen LogP contribution in [-0.2, 0) is 4.79 Å². The van der Waals surface area contributed by atoms with Crippen LogP contribution >= 0.6 is 11.3 Å². The van der Waals surface area contributed by atoms with E-state index in [2.05, 4.69) is 25.1 Å². The van der Waals surface area contributed by atoms with Crippen molar-refractivity contribution < 1.29 is 9.90 Å². The molecule has 0 saturated carbocycles. The molecule has 0 aliphatic heterocycles. The molecule has 3 nitrogen and oxygen atoms in total. The number of benzene rings is 1. The standard InChI is InChI=1S/C15H19NO2S/c1-10(2)16(9-15(17)18)11(3)14-8-12-6-4-5-7-13(12)19-14/h4-8,10-11H,9H2,1-3H3,(H,17,18). The first-order valence-corrected chi connectivity index (χ1v) is 7.26. The van der Waals surface area contributed by atoms with Gasteiger partial charge in [0, 0.05) is 21.7 Å². The van der Waals surface area contributed by atoms with Gasteiger partial charge in [0.05, 0.1) is 6.54 Å². The van der Waals surface area contributed by atoms with Gasteiger partial charge in [-0.3, -0.25) is 9.69 Å². The Labute approximate surface area is 117 Å². The van der Waals surface area contributed by atoms with Gasteiger partial charge in [-0.1, -0.05) is 18.2 Å². The molecule has 0 saturated heterocycles. The molecule has 2 aromatic rings. The number of hydrogen-bond acceptors (Lipinski definition) is 3. The molecular formula is C15H19NO2S. The zero-order valence-electron chi connectivity index (χ0n) is 11.5. The van der Waals surface area contributed by atoms with Crippen LogP contribution in [-0.4, -0.2) is 28.6 Å². The summed E-state index contributed by atoms with van der Waals surface area (Å²) in [6.45, 7) is 6.22. The molecule has 19 heavy (non-hydrogen) atoms. The number of aliphatic carboxylic acids is 1. The molecule has 0 bridgehead atoms. The largest absolute Gasteiger partial charge is 0.480 e. The molecule has 102 valence electrons. The molecule has 0 radical (unpaired) electrons. The van der Waals surface area contributed by atoms with Gasteiger partial charge in [0.15, 0.2) is 0 Å². The molecule has 1 heterocycles. The Morgan fingerprint density at radius 3 is 2.58 bits per heavy atom. The van der Waals surface area contributed by atoms with E-state index in [9.17, 15) is 4.79 Å². The summed E-state index contributed by atoms with van der Waals surface area (Å²) >= 11 is 1.74. The fourth-order valence-corrected chi connectivity index (χ4v) is 3.43. The Bertz CT molecular complexity index is 543. The number of hydrogen-bond donors (Lipinski definition) is 1. The van der Waals surface area contributed by atoms with Crippen molar-refractivity contribution >= 4 is 27.4 Å². The molecule has 2 rings (SSSR count). The molecule has 0 spiro atoms. The Kier molecular flexibility index (Phi) is 4.22. The van der Waals surface area contributed by atoms with Gasteiger partial charge in [0.1, 0.15) is 0 Å². The fourth-order valence-electron chi connectivity index (χ4n) is 2.29. The van der Waals surface area contributed by atoms with E-state index < -0.39 is 5.97 Å². The topological polar surface area (TPSA) is 40.5 Å². The first-order valence-electron chi connectivity index (χ1n) is 6.45. The molecule has 1 unspecified atom stereocenters. The molecular weight excluding hydrogens is 258 g/mol. The maximum atomic E-state index is 11.0. The van der Waals surface area contributed by atoms with Gasteiger partial charge in [-0.25, -0.2) is 0 Å². The van der Waals surface area contributed by atoms with Gasteiger partial charge in [0.25, 0.3) is 0 Å². The van der Waals surface area contributed by atoms with E-state index in [0.717, 1.165) is 0 Å². The SMILES string of the molecule is CC(C)N(CC(=O)O)C(C)c1cc2ccccc2s1. The van der Waals surface area contributed by atoms with Gasteiger partial charge in [-0.2, -0.15) is 0 Å². The van der Waals surface area contributed by atoms with Gasteiger partial charge in [-0.15, -0.1) is 11.3 Å². The molecule has 1 atom stereocenters. The number of nitrogens with zero attached hydrogens (tertiary/aromatic N) is 1. The van der Waals surface area contributed by atoms with Gasteiger partial charge < -0.3 is 5.11 Å². The van der Waals surface area contributed by atoms with Crippen LogP contribution in [0.3, 0.4) is 0 Å². The lowest BCUT2D eigenvalue weighted by atomic mass is 10.1. The van der Waals surface area contributed by atoms with E-state index >= 15 is 0 Å². The quantitative estimate of drug-likeness (QED) is 0.904. The second-order valence-electron chi connectivity index (χ2n) is 5.02. The van der Waals surface area contributed by atoms with Crippen molar-refractivity contribution in [1.82, 2.24) is 4.90 Å². The summed E-state index contributed by atoms with van der Waals surface area (Å²) in [6.07, 6.45) is 0. The summed E-state index contributed by atoms with van der Waals surface area (Å²) in [5.41, 5.74) is 0. The normalized spacial score (nSPS) is 13.3. The molecule has 0 aliphatic carbocycles. The first kappa shape index (κ1) is 14.0. The molecule has 0 aliphatic rings. The zero-order valence-corrected chi connectivity index (χ0v) is 12.3. The van der Waals surface area contributed by atoms with Crippen LogP contribution in [0.4, 0.5) is 0 Å². The van der Waals surface area contributed by atoms with Crippen LogP contribution in [0.25, 0.3) is 10.1 Å². The van der Waals surface area contributed by atoms with Gasteiger partial charge in [0.2, 0.25) is 0 Å². The summed E-state index contributed by atoms with van der Waals surface area (Å²) in [5.74, 6) is -0.776. The third-order valence-corrected chi connectivity index (χ3v) is 4.62. The zero-order chi connectivity index (χ0) is 14.0. The number of rotatable bonds is 5. The van der Waals surface area contributed by atoms with Crippen LogP contribution in [0.5, 0.6) is 0 Å². The van der Waals surface area contributed by atoms with Crippen molar-refractivity contribution in [2.24, 2.45) is 0 Å². The van der Waals surface area contributed by atoms with Crippen LogP contribution in [0.1, 0.15) is 31.7 Å². The maximum Gasteiger partial charge on any atom is 0.317 e. The Morgan fingerprint density at radius 2 is 2.00 bits per heavy atom. The molecule has 0 fully saturated rings. The minimum absolute atomic E-state index is 0.0765. The van der Waals surface area contributed by atoms with Crippen LogP contribution < -0.4 is 0 Å². The number of carboxylic acids is 1. The number of thiophene rings is 1. The third kappa shape index (κ3) is 3.14. The van der Waals surface area contributed by atoms with Gasteiger partial charge >= 0.3 is 5.97 Å². The fraction of sp³-hybridized carbons (Fsp3) is 0.400. The van der Waals surface area contributed by atoms with Crippen LogP contribution in [0.15, 0.2) is 30.3 Å². The lowest BCUT2D eigenvalue weighted by Gasteiger charge is -2.30. The second-order valence-corrected chi connectivity index (χ2v) is 6.14. The van der Waals surface area contributed by atoms with Crippen molar-refractivity contribution in [1.29, 1.82) is 0 Å². The van der Waals surface area contributed by atoms with E-state index in [0.29, 0.717) is 0 Å². The first-order chi connectivity index (χ1) is 8.99. The van der Waals surface area contributed by atoms with Crippen molar-refractivity contribution in [2.45, 2.75) is 32.9 Å². The highest BCUT2D eigenvalue weighted by molar-refractivity contribution is 7.19. The number of fused-ring (bicyclic) bond motifs is 1. The van der Waals surface area contributed by atoms with Crippen LogP contribution in [0.2, 0.25) is 0 Å². The molecule has 1 N–H and O–H groups in total. The van der Waals surface area contributed by atoms with Crippen LogP contribution in [0, 0.1) is 0 Å². The molecule has 0 amide bonds. The summed E-state index contributed by atoms with van der Waals surface area (Å²) in [5, 5.41) is 10.3. The molecule has 1 aromatic carbocycles. The minimum atomic E-state index is -0.776. The lowest BCUT2D eigenvalue weighted by Crippen LogP contribution is -2.37. The predicted octanol–water partition coefficient (Wildman–Crippen LogP) is 3.76. The van der Waals surface area contributed by atoms with E-state index in [1.54, 1.807) is 11.3 Å². The van der Waals surface area contributed by atoms with Crippen molar-refractivity contribution in [3.8, 4) is 0 Å². The average molecular weight is 277 g/mol. The second kappa shape index (κ2) is 5.72. The minimum Gasteiger partial charge on any atom is -0.480 e. The Morgan fingerprint density at radius 1 is 1.32 bits per heavy atom. The lowest BCUT2D eigenvalue weighted by molar-refractivity contribution is -0.139. The Balaban J connectivity index is 2.29. The van der Waals surface area contributed by atoms with E-state index in [1.807, 2.05) is 30.9 Å². The monoisotopic (exact) mass is 277 g/mol. The molecule has 1 aromatic heterocycles. The highest BCUT2D eigenvalue weighted by atomic mass is 32.1. The van der Waals surface area contributed by atoms with Crippen molar-refractivity contribution in [3.63, 3.8) is 0 Å². The van der Waals surface area contributed by atoms with E-state index in [-0.39, 0.29) is 18.6 Å². The summed E-state index contributed by atoms with van der Waals surface area (Å²) in [4.78, 5) is 14.2. The van der Waals surface area contributed by atoms with E-state index in [4.69, 9.17) is 5.11 Å².